The Balaban J connectivity index is 1.53. The Kier molecular flexibility index (Phi) is 4.67. The largest absolute Gasteiger partial charge is 0.367 e. The molecule has 5 rings (SSSR count). The number of nitrogens with zero attached hydrogens (tertiary/aromatic N) is 6. The molecule has 0 aromatic carbocycles. The number of ether oxygens (including phenoxy) is 1. The van der Waals surface area contributed by atoms with Crippen LogP contribution in [0.15, 0.2) is 36.8 Å². The van der Waals surface area contributed by atoms with E-state index in [4.69, 9.17) is 26.3 Å². The standard InChI is InChI=1S/C21H22ClN7O/c1-12-6-17(18-8-23-20-5-4-15(22)10-29(18)20)26-21(25-12)28-9-13(2)30-19(11-28)16-7-24-27-14(16)3/h4-8,10,13,19H,9,11H2,1-3H3,(H,24,27)/t13-,19+/m1/s1. The van der Waals surface area contributed by atoms with Crippen molar-refractivity contribution in [3.63, 3.8) is 0 Å². The number of halogens is 1. The van der Waals surface area contributed by atoms with E-state index in [1.807, 2.05) is 55.0 Å². The molecular formula is C21H22ClN7O. The molecule has 0 spiro atoms. The Morgan fingerprint density at radius 3 is 2.83 bits per heavy atom. The number of hydrogen-bond acceptors (Lipinski definition) is 6. The van der Waals surface area contributed by atoms with Gasteiger partial charge in [-0.15, -0.1) is 0 Å². The van der Waals surface area contributed by atoms with E-state index in [9.17, 15) is 0 Å². The molecule has 8 nitrogen and oxygen atoms in total. The summed E-state index contributed by atoms with van der Waals surface area (Å²) in [5, 5.41) is 7.78. The average molecular weight is 424 g/mol. The fraction of sp³-hybridized carbons (Fsp3) is 0.333. The number of imidazole rings is 1. The number of morpholine rings is 1. The summed E-state index contributed by atoms with van der Waals surface area (Å²) >= 11 is 6.20. The molecule has 0 aliphatic carbocycles. The molecule has 9 heteroatoms. The number of hydrogen-bond donors (Lipinski definition) is 1. The van der Waals surface area contributed by atoms with E-state index in [2.05, 4.69) is 27.0 Å². The van der Waals surface area contributed by atoms with Crippen molar-refractivity contribution in [2.75, 3.05) is 18.0 Å². The van der Waals surface area contributed by atoms with Gasteiger partial charge in [0.05, 0.1) is 41.5 Å². The number of rotatable bonds is 3. The zero-order valence-corrected chi connectivity index (χ0v) is 17.8. The molecule has 1 aliphatic rings. The van der Waals surface area contributed by atoms with Gasteiger partial charge in [-0.1, -0.05) is 11.6 Å². The summed E-state index contributed by atoms with van der Waals surface area (Å²) in [6, 6.07) is 5.69. The second-order valence-corrected chi connectivity index (χ2v) is 8.14. The first-order valence-electron chi connectivity index (χ1n) is 9.87. The van der Waals surface area contributed by atoms with Crippen LogP contribution in [-0.4, -0.2) is 48.7 Å². The summed E-state index contributed by atoms with van der Waals surface area (Å²) in [4.78, 5) is 16.3. The minimum absolute atomic E-state index is 0.0419. The first-order valence-corrected chi connectivity index (χ1v) is 10.2. The van der Waals surface area contributed by atoms with Crippen LogP contribution >= 0.6 is 11.6 Å². The molecule has 1 N–H and O–H groups in total. The van der Waals surface area contributed by atoms with Gasteiger partial charge in [-0.3, -0.25) is 9.50 Å². The van der Waals surface area contributed by atoms with Crippen molar-refractivity contribution in [2.24, 2.45) is 0 Å². The molecule has 0 unspecified atom stereocenters. The van der Waals surface area contributed by atoms with Gasteiger partial charge in [0.2, 0.25) is 5.95 Å². The predicted molar refractivity (Wildman–Crippen MR) is 115 cm³/mol. The monoisotopic (exact) mass is 423 g/mol. The molecule has 154 valence electrons. The summed E-state index contributed by atoms with van der Waals surface area (Å²) < 4.78 is 8.13. The van der Waals surface area contributed by atoms with Gasteiger partial charge >= 0.3 is 0 Å². The molecule has 1 saturated heterocycles. The van der Waals surface area contributed by atoms with Crippen molar-refractivity contribution in [1.29, 1.82) is 0 Å². The predicted octanol–water partition coefficient (Wildman–Crippen LogP) is 3.75. The van der Waals surface area contributed by atoms with Crippen LogP contribution in [0.1, 0.15) is 30.0 Å². The summed E-state index contributed by atoms with van der Waals surface area (Å²) in [7, 11) is 0. The highest BCUT2D eigenvalue weighted by Crippen LogP contribution is 2.30. The fourth-order valence-corrected chi connectivity index (χ4v) is 4.10. The third-order valence-electron chi connectivity index (χ3n) is 5.33. The van der Waals surface area contributed by atoms with Gasteiger partial charge < -0.3 is 9.64 Å². The van der Waals surface area contributed by atoms with Gasteiger partial charge in [-0.05, 0) is 39.0 Å². The van der Waals surface area contributed by atoms with Crippen molar-refractivity contribution in [3.05, 3.63) is 58.8 Å². The third kappa shape index (κ3) is 3.42. The van der Waals surface area contributed by atoms with Gasteiger partial charge in [-0.25, -0.2) is 15.0 Å². The molecule has 30 heavy (non-hydrogen) atoms. The Bertz CT molecular complexity index is 1220. The zero-order valence-electron chi connectivity index (χ0n) is 17.0. The second-order valence-electron chi connectivity index (χ2n) is 7.70. The third-order valence-corrected chi connectivity index (χ3v) is 5.56. The SMILES string of the molecule is Cc1cc(-c2cnc3ccc(Cl)cn23)nc(N2C[C@@H](C)O[C@H](c3cn[nH]c3C)C2)n1. The topological polar surface area (TPSA) is 84.2 Å². The Morgan fingerprint density at radius 1 is 1.17 bits per heavy atom. The van der Waals surface area contributed by atoms with Crippen LogP contribution in [0, 0.1) is 13.8 Å². The average Bonchev–Trinajstić information content (AvgIpc) is 3.32. The number of aryl methyl sites for hydroxylation is 2. The highest BCUT2D eigenvalue weighted by atomic mass is 35.5. The van der Waals surface area contributed by atoms with Crippen LogP contribution in [0.4, 0.5) is 5.95 Å². The Morgan fingerprint density at radius 2 is 2.03 bits per heavy atom. The highest BCUT2D eigenvalue weighted by Gasteiger charge is 2.30. The number of aromatic amines is 1. The molecular weight excluding hydrogens is 402 g/mol. The molecule has 1 aliphatic heterocycles. The van der Waals surface area contributed by atoms with E-state index in [1.54, 1.807) is 0 Å². The van der Waals surface area contributed by atoms with Crippen LogP contribution < -0.4 is 4.90 Å². The van der Waals surface area contributed by atoms with Crippen LogP contribution in [0.5, 0.6) is 0 Å². The van der Waals surface area contributed by atoms with Crippen LogP contribution in [0.3, 0.4) is 0 Å². The minimum atomic E-state index is -0.0883. The summed E-state index contributed by atoms with van der Waals surface area (Å²) in [5.74, 6) is 0.684. The van der Waals surface area contributed by atoms with Gasteiger partial charge in [0.15, 0.2) is 0 Å². The lowest BCUT2D eigenvalue weighted by Gasteiger charge is -2.37. The first kappa shape index (κ1) is 19.0. The maximum atomic E-state index is 6.20. The van der Waals surface area contributed by atoms with E-state index in [1.165, 1.54) is 0 Å². The molecule has 0 bridgehead atoms. The number of H-pyrrole nitrogens is 1. The van der Waals surface area contributed by atoms with Crippen LogP contribution in [0.2, 0.25) is 5.02 Å². The van der Waals surface area contributed by atoms with Crippen molar-refractivity contribution in [1.82, 2.24) is 29.5 Å². The Hall–Kier alpha value is -2.97. The fourth-order valence-electron chi connectivity index (χ4n) is 3.94. The number of fused-ring (bicyclic) bond motifs is 1. The first-order chi connectivity index (χ1) is 14.5. The number of anilines is 1. The van der Waals surface area contributed by atoms with E-state index in [-0.39, 0.29) is 12.2 Å². The lowest BCUT2D eigenvalue weighted by Crippen LogP contribution is -2.43. The summed E-state index contributed by atoms with van der Waals surface area (Å²) in [5.41, 5.74) is 5.48. The lowest BCUT2D eigenvalue weighted by molar-refractivity contribution is -0.0181. The quantitative estimate of drug-likeness (QED) is 0.540. The van der Waals surface area contributed by atoms with E-state index in [0.717, 1.165) is 40.5 Å². The lowest BCUT2D eigenvalue weighted by atomic mass is 10.1. The smallest absolute Gasteiger partial charge is 0.226 e. The molecule has 4 aromatic heterocycles. The molecule has 2 atom stereocenters. The summed E-state index contributed by atoms with van der Waals surface area (Å²) in [6.45, 7) is 7.43. The van der Waals surface area contributed by atoms with Gasteiger partial charge in [0, 0.05) is 29.7 Å². The van der Waals surface area contributed by atoms with Crippen molar-refractivity contribution in [3.8, 4) is 11.4 Å². The van der Waals surface area contributed by atoms with Gasteiger partial charge in [-0.2, -0.15) is 5.10 Å². The van der Waals surface area contributed by atoms with E-state index in [0.29, 0.717) is 17.5 Å². The van der Waals surface area contributed by atoms with Crippen LogP contribution in [-0.2, 0) is 4.74 Å². The molecule has 0 amide bonds. The van der Waals surface area contributed by atoms with Crippen molar-refractivity contribution in [2.45, 2.75) is 33.0 Å². The summed E-state index contributed by atoms with van der Waals surface area (Å²) in [6.07, 6.45) is 5.46. The maximum absolute atomic E-state index is 6.20. The number of pyridine rings is 1. The van der Waals surface area contributed by atoms with Crippen LogP contribution in [0.25, 0.3) is 17.0 Å². The van der Waals surface area contributed by atoms with Gasteiger partial charge in [0.1, 0.15) is 11.8 Å². The molecule has 0 saturated carbocycles. The molecule has 0 radical (unpaired) electrons. The van der Waals surface area contributed by atoms with Gasteiger partial charge in [0.25, 0.3) is 0 Å². The Labute approximate surface area is 178 Å². The molecule has 5 heterocycles. The minimum Gasteiger partial charge on any atom is -0.367 e. The van der Waals surface area contributed by atoms with Crippen molar-refractivity contribution < 1.29 is 4.74 Å². The second kappa shape index (κ2) is 7.37. The van der Waals surface area contributed by atoms with E-state index >= 15 is 0 Å². The number of aromatic nitrogens is 6. The maximum Gasteiger partial charge on any atom is 0.226 e. The van der Waals surface area contributed by atoms with E-state index < -0.39 is 0 Å². The molecule has 1 fully saturated rings. The normalized spacial score (nSPS) is 19.5. The zero-order chi connectivity index (χ0) is 20.8. The molecule has 4 aromatic rings. The van der Waals surface area contributed by atoms with Crippen molar-refractivity contribution >= 4 is 23.2 Å². The highest BCUT2D eigenvalue weighted by molar-refractivity contribution is 6.30. The number of nitrogens with one attached hydrogen (secondary N) is 1.